The Morgan fingerprint density at radius 3 is 2.14 bits per heavy atom. The average molecular weight is 434 g/mol. The SMILES string of the molecule is CCCN(CCC)S(=O)(=O)c1ccc(NC(=S)NC(=O)c2ccccc2C)cc1. The molecule has 0 atom stereocenters. The number of rotatable bonds is 8. The first-order valence-electron chi connectivity index (χ1n) is 9.57. The van der Waals surface area contributed by atoms with Gasteiger partial charge in [0.25, 0.3) is 5.91 Å². The first-order chi connectivity index (χ1) is 13.8. The molecule has 0 aliphatic heterocycles. The van der Waals surface area contributed by atoms with Gasteiger partial charge in [-0.25, -0.2) is 8.42 Å². The van der Waals surface area contributed by atoms with Crippen molar-refractivity contribution < 1.29 is 13.2 Å². The molecule has 2 N–H and O–H groups in total. The number of carbonyl (C=O) groups is 1. The molecule has 0 bridgehead atoms. The number of sulfonamides is 1. The normalized spacial score (nSPS) is 11.3. The maximum absolute atomic E-state index is 12.8. The molecule has 6 nitrogen and oxygen atoms in total. The van der Waals surface area contributed by atoms with E-state index < -0.39 is 10.0 Å². The highest BCUT2D eigenvalue weighted by Gasteiger charge is 2.22. The molecule has 0 saturated heterocycles. The number of nitrogens with zero attached hydrogens (tertiary/aromatic N) is 1. The molecule has 2 aromatic rings. The summed E-state index contributed by atoms with van der Waals surface area (Å²) in [4.78, 5) is 12.6. The van der Waals surface area contributed by atoms with Crippen molar-refractivity contribution in [3.05, 3.63) is 59.7 Å². The third kappa shape index (κ3) is 6.09. The number of anilines is 1. The first kappa shape index (κ1) is 23.0. The van der Waals surface area contributed by atoms with Crippen LogP contribution in [0.3, 0.4) is 0 Å². The monoisotopic (exact) mass is 433 g/mol. The summed E-state index contributed by atoms with van der Waals surface area (Å²) in [6, 6.07) is 13.6. The summed E-state index contributed by atoms with van der Waals surface area (Å²) in [6.07, 6.45) is 1.52. The van der Waals surface area contributed by atoms with Crippen molar-refractivity contribution in [1.29, 1.82) is 0 Å². The summed E-state index contributed by atoms with van der Waals surface area (Å²) in [5.74, 6) is -0.297. The van der Waals surface area contributed by atoms with Crippen molar-refractivity contribution in [2.75, 3.05) is 18.4 Å². The molecule has 29 heavy (non-hydrogen) atoms. The molecular formula is C21H27N3O3S2. The van der Waals surface area contributed by atoms with Crippen LogP contribution in [-0.2, 0) is 10.0 Å². The van der Waals surface area contributed by atoms with Gasteiger partial charge in [0.1, 0.15) is 0 Å². The van der Waals surface area contributed by atoms with E-state index in [1.165, 1.54) is 4.31 Å². The molecule has 0 aliphatic rings. The van der Waals surface area contributed by atoms with Gasteiger partial charge in [-0.15, -0.1) is 0 Å². The average Bonchev–Trinajstić information content (AvgIpc) is 2.68. The molecule has 156 valence electrons. The number of carbonyl (C=O) groups excluding carboxylic acids is 1. The largest absolute Gasteiger partial charge is 0.332 e. The van der Waals surface area contributed by atoms with Crippen LogP contribution in [0, 0.1) is 6.92 Å². The molecule has 2 rings (SSSR count). The summed E-state index contributed by atoms with van der Waals surface area (Å²) < 4.78 is 27.1. The molecule has 0 aromatic heterocycles. The summed E-state index contributed by atoms with van der Waals surface area (Å²) in [6.45, 7) is 6.75. The zero-order chi connectivity index (χ0) is 21.4. The molecule has 0 spiro atoms. The van der Waals surface area contributed by atoms with Crippen LogP contribution in [0.15, 0.2) is 53.4 Å². The van der Waals surface area contributed by atoms with Gasteiger partial charge in [-0.2, -0.15) is 4.31 Å². The Kier molecular flexibility index (Phi) is 8.31. The van der Waals surface area contributed by atoms with Crippen molar-refractivity contribution in [3.8, 4) is 0 Å². The van der Waals surface area contributed by atoms with Gasteiger partial charge in [0.15, 0.2) is 5.11 Å². The third-order valence-electron chi connectivity index (χ3n) is 4.31. The van der Waals surface area contributed by atoms with Crippen LogP contribution in [0.2, 0.25) is 0 Å². The van der Waals surface area contributed by atoms with Gasteiger partial charge in [-0.1, -0.05) is 32.0 Å². The van der Waals surface area contributed by atoms with Crippen molar-refractivity contribution in [2.24, 2.45) is 0 Å². The fourth-order valence-corrected chi connectivity index (χ4v) is 4.71. The fourth-order valence-electron chi connectivity index (χ4n) is 2.87. The minimum atomic E-state index is -3.53. The summed E-state index contributed by atoms with van der Waals surface area (Å²) in [5.41, 5.74) is 1.99. The molecule has 0 radical (unpaired) electrons. The predicted molar refractivity (Wildman–Crippen MR) is 121 cm³/mol. The lowest BCUT2D eigenvalue weighted by Crippen LogP contribution is -2.34. The molecule has 2 aromatic carbocycles. The molecule has 0 unspecified atom stereocenters. The van der Waals surface area contributed by atoms with Crippen LogP contribution in [0.5, 0.6) is 0 Å². The Hall–Kier alpha value is -2.29. The molecule has 0 saturated carbocycles. The van der Waals surface area contributed by atoms with Crippen LogP contribution in [-0.4, -0.2) is 36.8 Å². The van der Waals surface area contributed by atoms with Crippen LogP contribution < -0.4 is 10.6 Å². The van der Waals surface area contributed by atoms with Gasteiger partial charge >= 0.3 is 0 Å². The third-order valence-corrected chi connectivity index (χ3v) is 6.43. The maximum Gasteiger partial charge on any atom is 0.257 e. The Morgan fingerprint density at radius 1 is 1.00 bits per heavy atom. The van der Waals surface area contributed by atoms with E-state index >= 15 is 0 Å². The van der Waals surface area contributed by atoms with Crippen molar-refractivity contribution in [1.82, 2.24) is 9.62 Å². The number of amides is 1. The second-order valence-corrected chi connectivity index (χ2v) is 9.00. The Labute approximate surface area is 178 Å². The van der Waals surface area contributed by atoms with Crippen LogP contribution >= 0.6 is 12.2 Å². The van der Waals surface area contributed by atoms with Crippen LogP contribution in [0.4, 0.5) is 5.69 Å². The molecule has 0 heterocycles. The zero-order valence-electron chi connectivity index (χ0n) is 16.9. The zero-order valence-corrected chi connectivity index (χ0v) is 18.6. The number of nitrogens with one attached hydrogen (secondary N) is 2. The van der Waals surface area contributed by atoms with Gasteiger partial charge < -0.3 is 5.32 Å². The van der Waals surface area contributed by atoms with E-state index in [4.69, 9.17) is 12.2 Å². The predicted octanol–water partition coefficient (Wildman–Crippen LogP) is 3.93. The van der Waals surface area contributed by atoms with Gasteiger partial charge in [0.2, 0.25) is 10.0 Å². The van der Waals surface area contributed by atoms with E-state index in [2.05, 4.69) is 10.6 Å². The molecular weight excluding hydrogens is 406 g/mol. The molecule has 0 fully saturated rings. The smallest absolute Gasteiger partial charge is 0.257 e. The molecule has 0 aliphatic carbocycles. The second kappa shape index (κ2) is 10.5. The minimum absolute atomic E-state index is 0.146. The summed E-state index contributed by atoms with van der Waals surface area (Å²) >= 11 is 5.20. The van der Waals surface area contributed by atoms with Gasteiger partial charge in [-0.05, 0) is 67.9 Å². The second-order valence-electron chi connectivity index (χ2n) is 6.65. The lowest BCUT2D eigenvalue weighted by molar-refractivity contribution is 0.0977. The Morgan fingerprint density at radius 2 is 1.59 bits per heavy atom. The quantitative estimate of drug-likeness (QED) is 0.617. The van der Waals surface area contributed by atoms with E-state index in [1.807, 2.05) is 32.9 Å². The topological polar surface area (TPSA) is 78.5 Å². The Balaban J connectivity index is 2.05. The van der Waals surface area contributed by atoms with E-state index in [-0.39, 0.29) is 15.9 Å². The highest BCUT2D eigenvalue weighted by molar-refractivity contribution is 7.89. The van der Waals surface area contributed by atoms with E-state index in [0.717, 1.165) is 18.4 Å². The van der Waals surface area contributed by atoms with Gasteiger partial charge in [0.05, 0.1) is 4.90 Å². The lowest BCUT2D eigenvalue weighted by Gasteiger charge is -2.21. The van der Waals surface area contributed by atoms with Gasteiger partial charge in [-0.3, -0.25) is 10.1 Å². The summed E-state index contributed by atoms with van der Waals surface area (Å²) in [5, 5.41) is 5.69. The minimum Gasteiger partial charge on any atom is -0.332 e. The van der Waals surface area contributed by atoms with Crippen molar-refractivity contribution in [3.63, 3.8) is 0 Å². The number of benzene rings is 2. The number of thiocarbonyl (C=S) groups is 1. The number of aryl methyl sites for hydroxylation is 1. The first-order valence-corrected chi connectivity index (χ1v) is 11.4. The highest BCUT2D eigenvalue weighted by Crippen LogP contribution is 2.19. The van der Waals surface area contributed by atoms with E-state index in [0.29, 0.717) is 24.3 Å². The van der Waals surface area contributed by atoms with Crippen molar-refractivity contribution in [2.45, 2.75) is 38.5 Å². The van der Waals surface area contributed by atoms with Crippen LogP contribution in [0.25, 0.3) is 0 Å². The standard InChI is InChI=1S/C21H27N3O3S2/c1-4-14-24(15-5-2)29(26,27)18-12-10-17(11-13-18)22-21(28)23-20(25)19-9-7-6-8-16(19)3/h6-13H,4-5,14-15H2,1-3H3,(H2,22,23,25,28). The Bertz CT molecular complexity index is 951. The highest BCUT2D eigenvalue weighted by atomic mass is 32.2. The van der Waals surface area contributed by atoms with Crippen molar-refractivity contribution >= 4 is 38.9 Å². The maximum atomic E-state index is 12.8. The molecule has 1 amide bonds. The van der Waals surface area contributed by atoms with E-state index in [1.54, 1.807) is 36.4 Å². The number of hydrogen-bond donors (Lipinski definition) is 2. The fraction of sp³-hybridized carbons (Fsp3) is 0.333. The van der Waals surface area contributed by atoms with E-state index in [9.17, 15) is 13.2 Å². The molecule has 8 heteroatoms. The number of hydrogen-bond acceptors (Lipinski definition) is 4. The van der Waals surface area contributed by atoms with Crippen LogP contribution in [0.1, 0.15) is 42.6 Å². The lowest BCUT2D eigenvalue weighted by atomic mass is 10.1. The van der Waals surface area contributed by atoms with Gasteiger partial charge in [0, 0.05) is 24.3 Å². The summed E-state index contributed by atoms with van der Waals surface area (Å²) in [7, 11) is -3.53.